The lowest BCUT2D eigenvalue weighted by Gasteiger charge is -2.17. The Labute approximate surface area is 133 Å². The van der Waals surface area contributed by atoms with E-state index < -0.39 is 0 Å². The minimum atomic E-state index is -0.0432. The molecule has 1 aliphatic heterocycles. The number of amides is 2. The lowest BCUT2D eigenvalue weighted by molar-refractivity contribution is 0.182. The average molecular weight is 318 g/mol. The van der Waals surface area contributed by atoms with E-state index in [1.54, 1.807) is 28.5 Å². The second-order valence-corrected chi connectivity index (χ2v) is 6.19. The molecule has 22 heavy (non-hydrogen) atoms. The standard InChI is InChI=1S/C15H18N4O2S/c1-11-16-6-4-14(18-11)21-12-5-7-19(10-12)15(20)17-9-13-3-2-8-22-13/h2-4,6,8,12H,5,7,9-10H2,1H3,(H,17,20). The van der Waals surface area contributed by atoms with Gasteiger partial charge in [0.2, 0.25) is 5.88 Å². The zero-order valence-corrected chi connectivity index (χ0v) is 13.2. The smallest absolute Gasteiger partial charge is 0.317 e. The molecular formula is C15H18N4O2S. The van der Waals surface area contributed by atoms with E-state index in [0.29, 0.717) is 31.3 Å². The minimum Gasteiger partial charge on any atom is -0.472 e. The Balaban J connectivity index is 1.48. The van der Waals surface area contributed by atoms with Gasteiger partial charge in [0.25, 0.3) is 0 Å². The maximum atomic E-state index is 12.1. The zero-order chi connectivity index (χ0) is 15.4. The van der Waals surface area contributed by atoms with Crippen LogP contribution in [0.1, 0.15) is 17.1 Å². The number of thiophene rings is 1. The molecule has 1 fully saturated rings. The number of urea groups is 1. The van der Waals surface area contributed by atoms with Gasteiger partial charge in [0.05, 0.1) is 13.1 Å². The molecule has 2 aromatic rings. The predicted molar refractivity (Wildman–Crippen MR) is 83.9 cm³/mol. The Morgan fingerprint density at radius 2 is 2.45 bits per heavy atom. The number of aryl methyl sites for hydroxylation is 1. The number of nitrogens with one attached hydrogen (secondary N) is 1. The third-order valence-electron chi connectivity index (χ3n) is 3.46. The molecule has 0 spiro atoms. The van der Waals surface area contributed by atoms with Crippen LogP contribution < -0.4 is 10.1 Å². The molecule has 2 amide bonds. The average Bonchev–Trinajstić information content (AvgIpc) is 3.16. The molecule has 1 saturated heterocycles. The van der Waals surface area contributed by atoms with Crippen molar-refractivity contribution in [3.8, 4) is 5.88 Å². The number of carbonyl (C=O) groups is 1. The minimum absolute atomic E-state index is 0.0122. The van der Waals surface area contributed by atoms with E-state index in [4.69, 9.17) is 4.74 Å². The fraction of sp³-hybridized carbons (Fsp3) is 0.400. The van der Waals surface area contributed by atoms with E-state index >= 15 is 0 Å². The lowest BCUT2D eigenvalue weighted by Crippen LogP contribution is -2.38. The summed E-state index contributed by atoms with van der Waals surface area (Å²) < 4.78 is 5.82. The number of nitrogens with zero attached hydrogens (tertiary/aromatic N) is 3. The van der Waals surface area contributed by atoms with Crippen LogP contribution in [0.15, 0.2) is 29.8 Å². The monoisotopic (exact) mass is 318 g/mol. The molecular weight excluding hydrogens is 300 g/mol. The molecule has 2 aromatic heterocycles. The summed E-state index contributed by atoms with van der Waals surface area (Å²) in [5.41, 5.74) is 0. The molecule has 116 valence electrons. The van der Waals surface area contributed by atoms with Gasteiger partial charge in [0.1, 0.15) is 11.9 Å². The highest BCUT2D eigenvalue weighted by Gasteiger charge is 2.27. The molecule has 1 aliphatic rings. The van der Waals surface area contributed by atoms with Crippen LogP contribution in [0.3, 0.4) is 0 Å². The first-order valence-electron chi connectivity index (χ1n) is 7.22. The summed E-state index contributed by atoms with van der Waals surface area (Å²) in [6.45, 7) is 3.68. The molecule has 3 heterocycles. The van der Waals surface area contributed by atoms with Crippen LogP contribution in [0.5, 0.6) is 5.88 Å². The highest BCUT2D eigenvalue weighted by atomic mass is 32.1. The fourth-order valence-electron chi connectivity index (χ4n) is 2.37. The topological polar surface area (TPSA) is 67.3 Å². The zero-order valence-electron chi connectivity index (χ0n) is 12.4. The van der Waals surface area contributed by atoms with E-state index in [1.807, 2.05) is 24.4 Å². The summed E-state index contributed by atoms with van der Waals surface area (Å²) in [6.07, 6.45) is 2.48. The van der Waals surface area contributed by atoms with E-state index in [1.165, 1.54) is 0 Å². The summed E-state index contributed by atoms with van der Waals surface area (Å²) in [5.74, 6) is 1.25. The molecule has 1 atom stereocenters. The van der Waals surface area contributed by atoms with Crippen molar-refractivity contribution in [2.75, 3.05) is 13.1 Å². The summed E-state index contributed by atoms with van der Waals surface area (Å²) in [4.78, 5) is 23.3. The number of carbonyl (C=O) groups excluding carboxylic acids is 1. The maximum Gasteiger partial charge on any atom is 0.317 e. The van der Waals surface area contributed by atoms with Crippen LogP contribution in [0.4, 0.5) is 4.79 Å². The molecule has 3 rings (SSSR count). The highest BCUT2D eigenvalue weighted by molar-refractivity contribution is 7.09. The first kappa shape index (κ1) is 14.8. The van der Waals surface area contributed by atoms with Gasteiger partial charge in [-0.3, -0.25) is 0 Å². The Bertz CT molecular complexity index is 632. The molecule has 0 aromatic carbocycles. The Kier molecular flexibility index (Phi) is 4.53. The first-order chi connectivity index (χ1) is 10.7. The molecule has 0 radical (unpaired) electrons. The van der Waals surface area contributed by atoms with Gasteiger partial charge in [-0.25, -0.2) is 9.78 Å². The van der Waals surface area contributed by atoms with Crippen molar-refractivity contribution in [3.63, 3.8) is 0 Å². The third kappa shape index (κ3) is 3.73. The number of ether oxygens (including phenoxy) is 1. The Hall–Kier alpha value is -2.15. The van der Waals surface area contributed by atoms with Gasteiger partial charge in [0.15, 0.2) is 0 Å². The third-order valence-corrected chi connectivity index (χ3v) is 4.34. The van der Waals surface area contributed by atoms with Gasteiger partial charge < -0.3 is 15.0 Å². The molecule has 0 saturated carbocycles. The summed E-state index contributed by atoms with van der Waals surface area (Å²) >= 11 is 1.64. The highest BCUT2D eigenvalue weighted by Crippen LogP contribution is 2.16. The van der Waals surface area contributed by atoms with Crippen molar-refractivity contribution in [2.45, 2.75) is 26.0 Å². The van der Waals surface area contributed by atoms with Crippen molar-refractivity contribution in [1.82, 2.24) is 20.2 Å². The maximum absolute atomic E-state index is 12.1. The molecule has 0 bridgehead atoms. The fourth-order valence-corrected chi connectivity index (χ4v) is 3.01. The van der Waals surface area contributed by atoms with Crippen LogP contribution >= 0.6 is 11.3 Å². The van der Waals surface area contributed by atoms with E-state index in [-0.39, 0.29) is 12.1 Å². The second-order valence-electron chi connectivity index (χ2n) is 5.15. The Morgan fingerprint density at radius 3 is 3.23 bits per heavy atom. The van der Waals surface area contributed by atoms with Gasteiger partial charge in [-0.2, -0.15) is 4.98 Å². The summed E-state index contributed by atoms with van der Waals surface area (Å²) in [7, 11) is 0. The van der Waals surface area contributed by atoms with Crippen molar-refractivity contribution < 1.29 is 9.53 Å². The van der Waals surface area contributed by atoms with Crippen LogP contribution in [0.25, 0.3) is 0 Å². The molecule has 0 aliphatic carbocycles. The largest absolute Gasteiger partial charge is 0.472 e. The van der Waals surface area contributed by atoms with E-state index in [9.17, 15) is 4.79 Å². The molecule has 6 nitrogen and oxygen atoms in total. The van der Waals surface area contributed by atoms with Gasteiger partial charge in [-0.15, -0.1) is 11.3 Å². The van der Waals surface area contributed by atoms with Crippen LogP contribution in [-0.2, 0) is 6.54 Å². The number of rotatable bonds is 4. The van der Waals surface area contributed by atoms with Crippen LogP contribution in [0.2, 0.25) is 0 Å². The normalized spacial score (nSPS) is 17.5. The predicted octanol–water partition coefficient (Wildman–Crippen LogP) is 2.21. The van der Waals surface area contributed by atoms with Gasteiger partial charge in [-0.05, 0) is 18.4 Å². The number of likely N-dealkylation sites (tertiary alicyclic amines) is 1. The van der Waals surface area contributed by atoms with Crippen LogP contribution in [-0.4, -0.2) is 40.1 Å². The van der Waals surface area contributed by atoms with Gasteiger partial charge >= 0.3 is 6.03 Å². The molecule has 1 unspecified atom stereocenters. The SMILES string of the molecule is Cc1nccc(OC2CCN(C(=O)NCc3cccs3)C2)n1. The number of aromatic nitrogens is 2. The van der Waals surface area contributed by atoms with E-state index in [0.717, 1.165) is 11.3 Å². The van der Waals surface area contributed by atoms with Crippen molar-refractivity contribution in [1.29, 1.82) is 0 Å². The van der Waals surface area contributed by atoms with Crippen molar-refractivity contribution in [3.05, 3.63) is 40.5 Å². The lowest BCUT2D eigenvalue weighted by atomic mass is 10.3. The van der Waals surface area contributed by atoms with E-state index in [2.05, 4.69) is 15.3 Å². The van der Waals surface area contributed by atoms with Gasteiger partial charge in [0, 0.05) is 30.1 Å². The first-order valence-corrected chi connectivity index (χ1v) is 8.10. The number of hydrogen-bond donors (Lipinski definition) is 1. The quantitative estimate of drug-likeness (QED) is 0.938. The van der Waals surface area contributed by atoms with Crippen LogP contribution in [0, 0.1) is 6.92 Å². The second kappa shape index (κ2) is 6.74. The van der Waals surface area contributed by atoms with Gasteiger partial charge in [-0.1, -0.05) is 6.07 Å². The molecule has 7 heteroatoms. The summed E-state index contributed by atoms with van der Waals surface area (Å²) in [6, 6.07) is 5.69. The molecule has 1 N–H and O–H groups in total. The van der Waals surface area contributed by atoms with Crippen molar-refractivity contribution in [2.24, 2.45) is 0 Å². The Morgan fingerprint density at radius 1 is 1.55 bits per heavy atom. The summed E-state index contributed by atoms with van der Waals surface area (Å²) in [5, 5.41) is 4.94. The number of hydrogen-bond acceptors (Lipinski definition) is 5. The van der Waals surface area contributed by atoms with Crippen molar-refractivity contribution >= 4 is 17.4 Å².